The van der Waals surface area contributed by atoms with Gasteiger partial charge in [0.1, 0.15) is 17.7 Å². The number of nitrogens with one attached hydrogen (secondary N) is 1. The number of hydrogen-bond acceptors (Lipinski definition) is 5. The predicted octanol–water partition coefficient (Wildman–Crippen LogP) is 5.94. The van der Waals surface area contributed by atoms with Crippen LogP contribution >= 0.6 is 0 Å². The lowest BCUT2D eigenvalue weighted by Gasteiger charge is -2.28. The SMILES string of the molecule is Cc1cc(F)cc2c1-c1cc(c(F)c(C(F)(F)F)c1)[C@H](CC(=O)O)NC(=O)[C@@H](n1cc(CCN(C)C)c(=O)n(C)c1=O)CC(C)CCCCC2. The van der Waals surface area contributed by atoms with Gasteiger partial charge in [0.05, 0.1) is 18.0 Å². The first kappa shape index (κ1) is 38.5. The van der Waals surface area contributed by atoms with E-state index in [4.69, 9.17) is 0 Å². The van der Waals surface area contributed by atoms with Gasteiger partial charge in [0.2, 0.25) is 5.91 Å². The van der Waals surface area contributed by atoms with E-state index in [9.17, 15) is 41.8 Å². The minimum Gasteiger partial charge on any atom is -0.481 e. The van der Waals surface area contributed by atoms with Crippen LogP contribution in [-0.4, -0.2) is 51.7 Å². The Morgan fingerprint density at radius 3 is 2.40 bits per heavy atom. The number of alkyl halides is 3. The van der Waals surface area contributed by atoms with Crippen LogP contribution in [0.2, 0.25) is 0 Å². The van der Waals surface area contributed by atoms with E-state index in [0.717, 1.165) is 21.3 Å². The number of amides is 1. The van der Waals surface area contributed by atoms with Gasteiger partial charge < -0.3 is 15.3 Å². The Morgan fingerprint density at radius 1 is 1.06 bits per heavy atom. The van der Waals surface area contributed by atoms with Gasteiger partial charge in [0, 0.05) is 30.9 Å². The first-order valence-corrected chi connectivity index (χ1v) is 16.6. The van der Waals surface area contributed by atoms with Gasteiger partial charge in [-0.25, -0.2) is 13.6 Å². The number of carbonyl (C=O) groups excluding carboxylic acids is 1. The van der Waals surface area contributed by atoms with Crippen molar-refractivity contribution in [2.75, 3.05) is 20.6 Å². The Kier molecular flexibility index (Phi) is 12.1. The maximum Gasteiger partial charge on any atom is 0.419 e. The number of likely N-dealkylation sites (N-methyl/N-ethyl adjacent to an activating group) is 1. The molecule has 2 aromatic carbocycles. The highest BCUT2D eigenvalue weighted by atomic mass is 19.4. The summed E-state index contributed by atoms with van der Waals surface area (Å²) in [5, 5.41) is 12.3. The van der Waals surface area contributed by atoms with Crippen molar-refractivity contribution in [1.29, 1.82) is 0 Å². The lowest BCUT2D eigenvalue weighted by molar-refractivity contribution is -0.140. The quantitative estimate of drug-likeness (QED) is 0.307. The van der Waals surface area contributed by atoms with Crippen LogP contribution in [-0.2, 0) is 35.7 Å². The number of carboxylic acids is 1. The van der Waals surface area contributed by atoms with Crippen molar-refractivity contribution in [2.45, 2.75) is 83.5 Å². The number of carboxylic acid groups (broad SMARTS) is 1. The van der Waals surface area contributed by atoms with Gasteiger partial charge in [-0.15, -0.1) is 0 Å². The average Bonchev–Trinajstić information content (AvgIpc) is 3.00. The second kappa shape index (κ2) is 15.7. The molecule has 2 heterocycles. The molecule has 50 heavy (non-hydrogen) atoms. The molecule has 1 aliphatic heterocycles. The summed E-state index contributed by atoms with van der Waals surface area (Å²) in [4.78, 5) is 54.6. The van der Waals surface area contributed by atoms with Crippen LogP contribution in [0.1, 0.15) is 85.3 Å². The molecule has 1 aliphatic rings. The van der Waals surface area contributed by atoms with Gasteiger partial charge in [0.15, 0.2) is 0 Å². The van der Waals surface area contributed by atoms with Crippen LogP contribution in [0.4, 0.5) is 22.0 Å². The van der Waals surface area contributed by atoms with Gasteiger partial charge in [-0.2, -0.15) is 13.2 Å². The smallest absolute Gasteiger partial charge is 0.419 e. The Balaban J connectivity index is 1.97. The van der Waals surface area contributed by atoms with Crippen molar-refractivity contribution in [1.82, 2.24) is 19.4 Å². The summed E-state index contributed by atoms with van der Waals surface area (Å²) in [6, 6.07) is 0.980. The lowest BCUT2D eigenvalue weighted by Crippen LogP contribution is -2.46. The maximum atomic E-state index is 16.0. The molecule has 272 valence electrons. The zero-order chi connectivity index (χ0) is 37.1. The topological polar surface area (TPSA) is 114 Å². The molecule has 4 rings (SSSR count). The minimum atomic E-state index is -5.20. The number of hydrogen-bond donors (Lipinski definition) is 2. The molecule has 9 nitrogen and oxygen atoms in total. The molecule has 1 aromatic heterocycles. The standard InChI is InChI=1S/C36H43F5N4O5/c1-20-9-7-6-8-10-22-15-25(37)14-21(2)31(22)24-16-26(32(38)27(17-24)36(39,40)41)28(18-30(46)47)42-33(48)29(13-20)45-19-23(11-12-43(3)4)34(49)44(5)35(45)50/h14-17,19-20,28-29H,6-13,18H2,1-5H3,(H,42,48)(H,46,47)/t20?,28-,29-/m0/s1. The fraction of sp³-hybridized carbons (Fsp3) is 0.500. The summed E-state index contributed by atoms with van der Waals surface area (Å²) < 4.78 is 75.7. The van der Waals surface area contributed by atoms with Gasteiger partial charge in [-0.05, 0) is 99.1 Å². The molecule has 0 fully saturated rings. The van der Waals surface area contributed by atoms with E-state index >= 15 is 4.39 Å². The van der Waals surface area contributed by atoms with Crippen LogP contribution in [0, 0.1) is 24.5 Å². The van der Waals surface area contributed by atoms with Crippen molar-refractivity contribution < 1.29 is 36.6 Å². The van der Waals surface area contributed by atoms with E-state index in [1.807, 2.05) is 11.8 Å². The van der Waals surface area contributed by atoms with E-state index in [1.54, 1.807) is 14.1 Å². The average molecular weight is 707 g/mol. The number of aliphatic carboxylic acids is 1. The van der Waals surface area contributed by atoms with E-state index in [-0.39, 0.29) is 35.4 Å². The molecule has 3 atom stereocenters. The number of halogens is 5. The van der Waals surface area contributed by atoms with Crippen LogP contribution in [0.5, 0.6) is 0 Å². The third-order valence-electron chi connectivity index (χ3n) is 9.26. The fourth-order valence-electron chi connectivity index (χ4n) is 6.68. The Hall–Kier alpha value is -4.33. The maximum absolute atomic E-state index is 16.0. The van der Waals surface area contributed by atoms with Crippen molar-refractivity contribution >= 4 is 11.9 Å². The Labute approximate surface area is 286 Å². The number of aromatic nitrogens is 2. The van der Waals surface area contributed by atoms with E-state index in [0.29, 0.717) is 55.8 Å². The monoisotopic (exact) mass is 706 g/mol. The van der Waals surface area contributed by atoms with E-state index in [2.05, 4.69) is 5.32 Å². The van der Waals surface area contributed by atoms with Crippen LogP contribution in [0.25, 0.3) is 11.1 Å². The molecule has 0 radical (unpaired) electrons. The summed E-state index contributed by atoms with van der Waals surface area (Å²) >= 11 is 0. The second-order valence-electron chi connectivity index (χ2n) is 13.6. The molecule has 3 aromatic rings. The largest absolute Gasteiger partial charge is 0.481 e. The lowest BCUT2D eigenvalue weighted by atomic mass is 9.87. The molecule has 14 heteroatoms. The number of benzene rings is 2. The molecule has 2 N–H and O–H groups in total. The number of carbonyl (C=O) groups is 2. The summed E-state index contributed by atoms with van der Waals surface area (Å²) in [6.07, 6.45) is -1.73. The van der Waals surface area contributed by atoms with Crippen LogP contribution in [0.3, 0.4) is 0 Å². The third-order valence-corrected chi connectivity index (χ3v) is 9.26. The molecule has 0 aliphatic carbocycles. The number of fused-ring (bicyclic) bond motifs is 4. The highest BCUT2D eigenvalue weighted by Gasteiger charge is 2.38. The van der Waals surface area contributed by atoms with Crippen molar-refractivity contribution in [3.8, 4) is 11.1 Å². The first-order valence-electron chi connectivity index (χ1n) is 16.6. The molecule has 0 saturated carbocycles. The second-order valence-corrected chi connectivity index (χ2v) is 13.6. The summed E-state index contributed by atoms with van der Waals surface area (Å²) in [5.41, 5.74) is -2.63. The van der Waals surface area contributed by atoms with Gasteiger partial charge in [-0.3, -0.25) is 23.5 Å². The van der Waals surface area contributed by atoms with E-state index < -0.39 is 70.6 Å². The van der Waals surface area contributed by atoms with E-state index in [1.165, 1.54) is 26.2 Å². The molecule has 1 amide bonds. The van der Waals surface area contributed by atoms with Crippen molar-refractivity contribution in [2.24, 2.45) is 13.0 Å². The normalized spacial score (nSPS) is 19.3. The summed E-state index contributed by atoms with van der Waals surface area (Å²) in [5.74, 6) is -4.98. The molecule has 1 unspecified atom stereocenters. The van der Waals surface area contributed by atoms with Crippen molar-refractivity contribution in [3.05, 3.63) is 90.8 Å². The highest BCUT2D eigenvalue weighted by molar-refractivity contribution is 5.82. The zero-order valence-corrected chi connectivity index (χ0v) is 28.8. The van der Waals surface area contributed by atoms with Gasteiger partial charge in [0.25, 0.3) is 5.56 Å². The molecule has 2 bridgehead atoms. The molecule has 0 saturated heterocycles. The predicted molar refractivity (Wildman–Crippen MR) is 178 cm³/mol. The first-order chi connectivity index (χ1) is 23.4. The number of rotatable bonds is 6. The minimum absolute atomic E-state index is 0.0560. The molecule has 0 spiro atoms. The van der Waals surface area contributed by atoms with Gasteiger partial charge in [-0.1, -0.05) is 26.2 Å². The zero-order valence-electron chi connectivity index (χ0n) is 28.8. The Bertz CT molecular complexity index is 1870. The Morgan fingerprint density at radius 2 is 1.76 bits per heavy atom. The number of aryl methyl sites for hydroxylation is 2. The molecular weight excluding hydrogens is 663 g/mol. The number of nitrogens with zero attached hydrogens (tertiary/aromatic N) is 3. The summed E-state index contributed by atoms with van der Waals surface area (Å²) in [6.45, 7) is 3.84. The van der Waals surface area contributed by atoms with Gasteiger partial charge >= 0.3 is 17.8 Å². The van der Waals surface area contributed by atoms with Crippen molar-refractivity contribution in [3.63, 3.8) is 0 Å². The third kappa shape index (κ3) is 8.87. The molecular formula is C36H43F5N4O5. The van der Waals surface area contributed by atoms with Crippen LogP contribution in [0.15, 0.2) is 40.1 Å². The fourth-order valence-corrected chi connectivity index (χ4v) is 6.68. The summed E-state index contributed by atoms with van der Waals surface area (Å²) in [7, 11) is 4.88. The van der Waals surface area contributed by atoms with Crippen LogP contribution < -0.4 is 16.6 Å². The highest BCUT2D eigenvalue weighted by Crippen LogP contribution is 2.40.